The van der Waals surface area contributed by atoms with Crippen LogP contribution in [0.1, 0.15) is 39.5 Å². The van der Waals surface area contributed by atoms with Gasteiger partial charge in [0.1, 0.15) is 0 Å². The largest absolute Gasteiger partial charge is 2.00 e. The molecule has 3 heteroatoms. The van der Waals surface area contributed by atoms with Gasteiger partial charge in [-0.3, -0.25) is 0 Å². The van der Waals surface area contributed by atoms with E-state index in [4.69, 9.17) is 0 Å². The Morgan fingerprint density at radius 2 is 2.00 bits per heavy atom. The fourth-order valence-corrected chi connectivity index (χ4v) is 1.43. The summed E-state index contributed by atoms with van der Waals surface area (Å²) < 4.78 is 0. The quantitative estimate of drug-likeness (QED) is 0.481. The first-order valence-corrected chi connectivity index (χ1v) is 5.98. The van der Waals surface area contributed by atoms with E-state index in [9.17, 15) is 0 Å². The summed E-state index contributed by atoms with van der Waals surface area (Å²) in [6, 6.07) is 7.80. The number of benzene rings is 1. The molecular weight excluding hydrogens is 260 g/mol. The maximum Gasteiger partial charge on any atom is 2.00 e. The van der Waals surface area contributed by atoms with Crippen LogP contribution in [0.25, 0.3) is 11.0 Å². The number of hydrogen-bond acceptors (Lipinski definition) is 1. The van der Waals surface area contributed by atoms with E-state index in [1.165, 1.54) is 25.7 Å². The van der Waals surface area contributed by atoms with Crippen LogP contribution in [-0.2, 0) is 17.1 Å². The summed E-state index contributed by atoms with van der Waals surface area (Å²) in [5, 5.41) is 0. The van der Waals surface area contributed by atoms with Crippen molar-refractivity contribution in [2.75, 3.05) is 0 Å². The molecule has 0 aliphatic heterocycles. The second-order valence-electron chi connectivity index (χ2n) is 3.77. The topological polar surface area (TPSA) is 27.0 Å². The minimum Gasteiger partial charge on any atom is -0.443 e. The van der Waals surface area contributed by atoms with Gasteiger partial charge in [0, 0.05) is 0 Å². The van der Waals surface area contributed by atoms with Crippen LogP contribution in [-0.4, -0.2) is 4.98 Å². The van der Waals surface area contributed by atoms with Crippen LogP contribution >= 0.6 is 0 Å². The van der Waals surface area contributed by atoms with Crippen molar-refractivity contribution in [3.8, 4) is 0 Å². The molecule has 1 aromatic heterocycles. The first-order chi connectivity index (χ1) is 7.88. The van der Waals surface area contributed by atoms with Crippen LogP contribution < -0.4 is 4.98 Å². The van der Waals surface area contributed by atoms with E-state index in [0.29, 0.717) is 0 Å². The molecule has 1 heterocycles. The summed E-state index contributed by atoms with van der Waals surface area (Å²) in [6.45, 7) is 4.35. The molecule has 0 bridgehead atoms. The fraction of sp³-hybridized carbons (Fsp3) is 0.429. The molecule has 2 rings (SSSR count). The molecule has 0 atom stereocenters. The number of para-hydroxylation sites is 2. The Labute approximate surface area is 115 Å². The summed E-state index contributed by atoms with van der Waals surface area (Å²) in [4.78, 5) is 8.02. The Bertz CT molecular complexity index is 350. The third kappa shape index (κ3) is 6.50. The van der Waals surface area contributed by atoms with Crippen LogP contribution in [0.4, 0.5) is 0 Å². The van der Waals surface area contributed by atoms with Crippen molar-refractivity contribution in [3.05, 3.63) is 37.0 Å². The van der Waals surface area contributed by atoms with E-state index in [0.717, 1.165) is 11.0 Å². The van der Waals surface area contributed by atoms with Crippen LogP contribution in [0.5, 0.6) is 0 Å². The number of unbranched alkanes of at least 4 members (excludes halogenated alkanes) is 4. The van der Waals surface area contributed by atoms with E-state index >= 15 is 0 Å². The Morgan fingerprint density at radius 1 is 1.24 bits per heavy atom. The normalized spacial score (nSPS) is 9.29. The Balaban J connectivity index is 0.000000296. The second kappa shape index (κ2) is 10.4. The average Bonchev–Trinajstić information content (AvgIpc) is 2.78. The van der Waals surface area contributed by atoms with E-state index in [2.05, 4.69) is 30.2 Å². The van der Waals surface area contributed by atoms with Crippen molar-refractivity contribution in [1.82, 2.24) is 9.97 Å². The Hall–Kier alpha value is -0.791. The van der Waals surface area contributed by atoms with Crippen molar-refractivity contribution in [1.29, 1.82) is 0 Å². The van der Waals surface area contributed by atoms with E-state index in [1.807, 2.05) is 24.3 Å². The third-order valence-corrected chi connectivity index (χ3v) is 2.37. The van der Waals surface area contributed by atoms with Gasteiger partial charge in [0.25, 0.3) is 0 Å². The number of imidazole rings is 1. The summed E-state index contributed by atoms with van der Waals surface area (Å²) in [5.74, 6) is 0. The van der Waals surface area contributed by atoms with E-state index in [1.54, 1.807) is 6.33 Å². The van der Waals surface area contributed by atoms with Crippen LogP contribution in [0.15, 0.2) is 30.6 Å². The van der Waals surface area contributed by atoms with Gasteiger partial charge in [0.2, 0.25) is 0 Å². The van der Waals surface area contributed by atoms with Crippen molar-refractivity contribution in [2.45, 2.75) is 39.5 Å². The summed E-state index contributed by atoms with van der Waals surface area (Å²) in [6.07, 6.45) is 9.22. The van der Waals surface area contributed by atoms with Crippen LogP contribution in [0.2, 0.25) is 0 Å². The number of aromatic nitrogens is 2. The van der Waals surface area contributed by atoms with Gasteiger partial charge in [-0.2, -0.15) is 13.3 Å². The number of rotatable bonds is 4. The first kappa shape index (κ1) is 16.2. The molecule has 0 aliphatic rings. The summed E-state index contributed by atoms with van der Waals surface area (Å²) in [5.41, 5.74) is 1.94. The van der Waals surface area contributed by atoms with E-state index < -0.39 is 0 Å². The van der Waals surface area contributed by atoms with Gasteiger partial charge in [-0.1, -0.05) is 56.8 Å². The predicted octanol–water partition coefficient (Wildman–Crippen LogP) is 3.98. The molecular formula is C14H20CuN2. The molecule has 0 aliphatic carbocycles. The smallest absolute Gasteiger partial charge is 0.443 e. The van der Waals surface area contributed by atoms with Crippen molar-refractivity contribution in [2.24, 2.45) is 0 Å². The van der Waals surface area contributed by atoms with Gasteiger partial charge in [-0.05, 0) is 11.0 Å². The molecule has 2 aromatic rings. The molecule has 0 spiro atoms. The second-order valence-corrected chi connectivity index (χ2v) is 3.77. The van der Waals surface area contributed by atoms with Crippen LogP contribution in [0, 0.1) is 6.42 Å². The van der Waals surface area contributed by atoms with Gasteiger partial charge in [-0.15, -0.1) is 0 Å². The SMILES string of the molecule is C[CH-]CCCCC.[Cu+2].c1ccc2[n-]cnc2c1. The van der Waals surface area contributed by atoms with Gasteiger partial charge in [0.15, 0.2) is 0 Å². The van der Waals surface area contributed by atoms with Crippen molar-refractivity contribution < 1.29 is 17.1 Å². The Kier molecular flexibility index (Phi) is 9.89. The zero-order chi connectivity index (χ0) is 11.6. The molecule has 0 N–H and O–H groups in total. The fourth-order valence-electron chi connectivity index (χ4n) is 1.43. The third-order valence-electron chi connectivity index (χ3n) is 2.37. The standard InChI is InChI=1S/C7H5N2.C7H15.Cu/c1-2-4-7-6(3-1)8-5-9-7;1-3-5-7-6-4-2;/h1-5H;3H,4-7H2,1-2H3;/q2*-1;+2. The number of fused-ring (bicyclic) bond motifs is 1. The molecule has 17 heavy (non-hydrogen) atoms. The maximum atomic E-state index is 4.01. The van der Waals surface area contributed by atoms with Crippen molar-refractivity contribution in [3.63, 3.8) is 0 Å². The maximum absolute atomic E-state index is 4.01. The Morgan fingerprint density at radius 3 is 2.65 bits per heavy atom. The zero-order valence-electron chi connectivity index (χ0n) is 10.5. The number of hydrogen-bond donors (Lipinski definition) is 0. The number of nitrogens with zero attached hydrogens (tertiary/aromatic N) is 2. The molecule has 1 radical (unpaired) electrons. The predicted molar refractivity (Wildman–Crippen MR) is 69.2 cm³/mol. The summed E-state index contributed by atoms with van der Waals surface area (Å²) >= 11 is 0. The molecule has 97 valence electrons. The van der Waals surface area contributed by atoms with Gasteiger partial charge < -0.3 is 16.4 Å². The van der Waals surface area contributed by atoms with Gasteiger partial charge >= 0.3 is 17.1 Å². The average molecular weight is 280 g/mol. The van der Waals surface area contributed by atoms with Crippen molar-refractivity contribution >= 4 is 11.0 Å². The molecule has 0 saturated carbocycles. The minimum absolute atomic E-state index is 0. The van der Waals surface area contributed by atoms with E-state index in [-0.39, 0.29) is 17.1 Å². The van der Waals surface area contributed by atoms with Crippen LogP contribution in [0.3, 0.4) is 0 Å². The molecule has 0 fully saturated rings. The van der Waals surface area contributed by atoms with Gasteiger partial charge in [0.05, 0.1) is 0 Å². The monoisotopic (exact) mass is 279 g/mol. The molecule has 1 aromatic carbocycles. The zero-order valence-corrected chi connectivity index (χ0v) is 11.4. The molecule has 0 amide bonds. The summed E-state index contributed by atoms with van der Waals surface area (Å²) in [7, 11) is 0. The first-order valence-electron chi connectivity index (χ1n) is 5.98. The minimum atomic E-state index is 0. The van der Waals surface area contributed by atoms with Gasteiger partial charge in [-0.25, -0.2) is 0 Å². The molecule has 0 unspecified atom stereocenters. The molecule has 0 saturated heterocycles. The molecule has 2 nitrogen and oxygen atoms in total.